The maximum Gasteiger partial charge on any atom is 0.320 e. The first-order valence-corrected chi connectivity index (χ1v) is 8.49. The number of aryl methyl sites for hydroxylation is 1. The van der Waals surface area contributed by atoms with Crippen LogP contribution in [0.5, 0.6) is 0 Å². The number of carboxylic acids is 1. The zero-order valence-electron chi connectivity index (χ0n) is 13.1. The lowest BCUT2D eigenvalue weighted by Gasteiger charge is -2.20. The molecular formula is C14H22N4O4S. The van der Waals surface area contributed by atoms with Gasteiger partial charge in [-0.25, -0.2) is 8.42 Å². The highest BCUT2D eigenvalue weighted by atomic mass is 32.2. The van der Waals surface area contributed by atoms with Gasteiger partial charge in [-0.15, -0.1) is 0 Å². The number of guanidine groups is 1. The maximum atomic E-state index is 12.8. The number of aliphatic imine (C=N–C) groups is 1. The van der Waals surface area contributed by atoms with E-state index in [0.29, 0.717) is 0 Å². The van der Waals surface area contributed by atoms with E-state index in [1.54, 1.807) is 12.1 Å². The van der Waals surface area contributed by atoms with Crippen LogP contribution >= 0.6 is 0 Å². The van der Waals surface area contributed by atoms with Crippen LogP contribution in [0.2, 0.25) is 0 Å². The molecule has 0 aliphatic heterocycles. The van der Waals surface area contributed by atoms with Crippen LogP contribution in [0.15, 0.2) is 34.2 Å². The molecule has 8 nitrogen and oxygen atoms in total. The number of sulfone groups is 1. The smallest absolute Gasteiger partial charge is 0.320 e. The van der Waals surface area contributed by atoms with Gasteiger partial charge in [0, 0.05) is 0 Å². The van der Waals surface area contributed by atoms with Crippen LogP contribution in [0.4, 0.5) is 0 Å². The predicted octanol–water partition coefficient (Wildman–Crippen LogP) is -0.527. The molecule has 1 unspecified atom stereocenters. The number of nitrogens with zero attached hydrogens (tertiary/aromatic N) is 1. The topological polar surface area (TPSA) is 148 Å². The van der Waals surface area contributed by atoms with Crippen LogP contribution in [0, 0.1) is 6.92 Å². The first-order valence-electron chi connectivity index (χ1n) is 6.94. The van der Waals surface area contributed by atoms with Gasteiger partial charge in [0.25, 0.3) is 0 Å². The van der Waals surface area contributed by atoms with Gasteiger partial charge < -0.3 is 21.9 Å². The molecular weight excluding hydrogens is 320 g/mol. The number of nitrogens with two attached hydrogens (primary N) is 2. The number of aliphatic carboxylic acids is 1. The molecule has 9 heteroatoms. The van der Waals surface area contributed by atoms with Crippen molar-refractivity contribution in [1.82, 2.24) is 5.32 Å². The fourth-order valence-corrected chi connectivity index (χ4v) is 3.65. The Balaban J connectivity index is 3.18. The minimum atomic E-state index is -3.77. The van der Waals surface area contributed by atoms with E-state index in [0.717, 1.165) is 5.56 Å². The Labute approximate surface area is 135 Å². The van der Waals surface area contributed by atoms with Gasteiger partial charge in [-0.05, 0) is 32.5 Å². The van der Waals surface area contributed by atoms with Crippen molar-refractivity contribution in [1.29, 1.82) is 0 Å². The van der Waals surface area contributed by atoms with Crippen LogP contribution in [0.3, 0.4) is 0 Å². The zero-order valence-corrected chi connectivity index (χ0v) is 13.9. The summed E-state index contributed by atoms with van der Waals surface area (Å²) in [5.41, 5.74) is 11.5. The van der Waals surface area contributed by atoms with Gasteiger partial charge in [0.2, 0.25) is 0 Å². The number of nitrogens with one attached hydrogen (secondary N) is 1. The number of hydrogen-bond acceptors (Lipinski definition) is 5. The van der Waals surface area contributed by atoms with Crippen molar-refractivity contribution in [3.63, 3.8) is 0 Å². The van der Waals surface area contributed by atoms with Crippen LogP contribution in [-0.4, -0.2) is 50.3 Å². The summed E-state index contributed by atoms with van der Waals surface area (Å²) in [6.07, 6.45) is -0.154. The van der Waals surface area contributed by atoms with Gasteiger partial charge in [-0.3, -0.25) is 9.79 Å². The number of hydrogen-bond donors (Lipinski definition) is 4. The predicted molar refractivity (Wildman–Crippen MR) is 87.9 cm³/mol. The van der Waals surface area contributed by atoms with Gasteiger partial charge in [0.15, 0.2) is 15.8 Å². The quantitative estimate of drug-likeness (QED) is 0.367. The van der Waals surface area contributed by atoms with E-state index in [9.17, 15) is 13.2 Å². The average molecular weight is 342 g/mol. The Kier molecular flexibility index (Phi) is 6.52. The molecule has 1 rings (SSSR count). The fourth-order valence-electron chi connectivity index (χ4n) is 2.03. The molecule has 128 valence electrons. The molecule has 0 aliphatic carbocycles. The highest BCUT2D eigenvalue weighted by Crippen LogP contribution is 2.21. The molecule has 0 bridgehead atoms. The third kappa shape index (κ3) is 5.22. The van der Waals surface area contributed by atoms with Gasteiger partial charge in [-0.2, -0.15) is 0 Å². The molecule has 0 radical (unpaired) electrons. The van der Waals surface area contributed by atoms with E-state index in [1.165, 1.54) is 19.2 Å². The van der Waals surface area contributed by atoms with Crippen molar-refractivity contribution >= 4 is 21.8 Å². The Morgan fingerprint density at radius 3 is 2.30 bits per heavy atom. The molecule has 2 atom stereocenters. The third-order valence-corrected chi connectivity index (χ3v) is 5.56. The molecule has 0 heterocycles. The number of carboxylic acid groups (broad SMARTS) is 1. The molecule has 1 aromatic carbocycles. The minimum Gasteiger partial charge on any atom is -0.480 e. The van der Waals surface area contributed by atoms with E-state index < -0.39 is 27.1 Å². The largest absolute Gasteiger partial charge is 0.480 e. The highest BCUT2D eigenvalue weighted by molar-refractivity contribution is 7.92. The van der Waals surface area contributed by atoms with Crippen LogP contribution in [0.25, 0.3) is 0 Å². The summed E-state index contributed by atoms with van der Waals surface area (Å²) in [5, 5.41) is 10.7. The zero-order chi connectivity index (χ0) is 17.6. The van der Waals surface area contributed by atoms with Gasteiger partial charge in [0.1, 0.15) is 6.04 Å². The molecule has 23 heavy (non-hydrogen) atoms. The van der Waals surface area contributed by atoms with E-state index in [4.69, 9.17) is 16.6 Å². The Morgan fingerprint density at radius 2 is 1.87 bits per heavy atom. The fraction of sp³-hybridized carbons (Fsp3) is 0.429. The summed E-state index contributed by atoms with van der Waals surface area (Å²) < 4.78 is 25.5. The van der Waals surface area contributed by atoms with Gasteiger partial charge in [-0.1, -0.05) is 17.7 Å². The van der Waals surface area contributed by atoms with Crippen LogP contribution in [0.1, 0.15) is 12.0 Å². The molecule has 0 aliphatic rings. The lowest BCUT2D eigenvalue weighted by atomic mass is 10.1. The SMILES string of the molecule is CN[C@@H](CC(CN=C(N)N)S(=O)(=O)c1ccc(C)cc1)C(=O)O. The van der Waals surface area contributed by atoms with E-state index in [1.807, 2.05) is 6.92 Å². The summed E-state index contributed by atoms with van der Waals surface area (Å²) in [5.74, 6) is -1.38. The van der Waals surface area contributed by atoms with Crippen molar-refractivity contribution < 1.29 is 18.3 Å². The second-order valence-electron chi connectivity index (χ2n) is 5.16. The molecule has 0 saturated carbocycles. The van der Waals surface area contributed by atoms with E-state index in [-0.39, 0.29) is 23.8 Å². The summed E-state index contributed by atoms with van der Waals surface area (Å²) in [4.78, 5) is 15.0. The van der Waals surface area contributed by atoms with Crippen LogP contribution < -0.4 is 16.8 Å². The highest BCUT2D eigenvalue weighted by Gasteiger charge is 2.32. The standard InChI is InChI=1S/C14H22N4O4S/c1-9-3-5-10(6-4-9)23(21,22)11(8-18-14(15)16)7-12(17-2)13(19)20/h3-6,11-12,17H,7-8H2,1-2H3,(H,19,20)(H4,15,16,18)/t11?,12-/m0/s1. The molecule has 0 aromatic heterocycles. The van der Waals surface area contributed by atoms with Crippen molar-refractivity contribution in [2.45, 2.75) is 29.5 Å². The second kappa shape index (κ2) is 7.93. The molecule has 1 aromatic rings. The summed E-state index contributed by atoms with van der Waals surface area (Å²) in [6, 6.07) is 5.31. The second-order valence-corrected chi connectivity index (χ2v) is 7.39. The third-order valence-electron chi connectivity index (χ3n) is 3.41. The van der Waals surface area contributed by atoms with Crippen molar-refractivity contribution in [3.8, 4) is 0 Å². The summed E-state index contributed by atoms with van der Waals surface area (Å²) in [6.45, 7) is 1.64. The lowest BCUT2D eigenvalue weighted by Crippen LogP contribution is -2.40. The molecule has 0 amide bonds. The molecule has 0 spiro atoms. The van der Waals surface area contributed by atoms with Gasteiger partial charge in [0.05, 0.1) is 16.7 Å². The minimum absolute atomic E-state index is 0.110. The first-order chi connectivity index (χ1) is 10.7. The average Bonchev–Trinajstić information content (AvgIpc) is 2.47. The summed E-state index contributed by atoms with van der Waals surface area (Å²) >= 11 is 0. The first kappa shape index (κ1) is 18.9. The normalized spacial score (nSPS) is 14.0. The monoisotopic (exact) mass is 342 g/mol. The van der Waals surface area contributed by atoms with Crippen molar-refractivity contribution in [3.05, 3.63) is 29.8 Å². The van der Waals surface area contributed by atoms with Crippen molar-refractivity contribution in [2.24, 2.45) is 16.5 Å². The Hall–Kier alpha value is -2.13. The Bertz CT molecular complexity index is 667. The maximum absolute atomic E-state index is 12.8. The van der Waals surface area contributed by atoms with Crippen molar-refractivity contribution in [2.75, 3.05) is 13.6 Å². The van der Waals surface area contributed by atoms with E-state index >= 15 is 0 Å². The number of rotatable bonds is 8. The number of benzene rings is 1. The lowest BCUT2D eigenvalue weighted by molar-refractivity contribution is -0.139. The van der Waals surface area contributed by atoms with E-state index in [2.05, 4.69) is 10.3 Å². The van der Waals surface area contributed by atoms with Crippen LogP contribution in [-0.2, 0) is 14.6 Å². The molecule has 0 saturated heterocycles. The summed E-state index contributed by atoms with van der Waals surface area (Å²) in [7, 11) is -2.32. The number of carbonyl (C=O) groups is 1. The Morgan fingerprint density at radius 1 is 1.30 bits per heavy atom. The molecule has 0 fully saturated rings. The van der Waals surface area contributed by atoms with Gasteiger partial charge >= 0.3 is 5.97 Å². The molecule has 6 N–H and O–H groups in total. The number of likely N-dealkylation sites (N-methyl/N-ethyl adjacent to an activating group) is 1.